The first-order valence-corrected chi connectivity index (χ1v) is 10.2. The van der Waals surface area contributed by atoms with Gasteiger partial charge < -0.3 is 14.9 Å². The van der Waals surface area contributed by atoms with Gasteiger partial charge in [0, 0.05) is 23.4 Å². The molecular formula is C24H15F3N2O7. The molecule has 0 spiro atoms. The van der Waals surface area contributed by atoms with Crippen molar-refractivity contribution in [1.82, 2.24) is 0 Å². The number of alkyl halides is 3. The molecular weight excluding hydrogens is 485 g/mol. The fourth-order valence-corrected chi connectivity index (χ4v) is 3.80. The van der Waals surface area contributed by atoms with E-state index >= 15 is 0 Å². The number of benzene rings is 3. The van der Waals surface area contributed by atoms with Crippen LogP contribution < -0.4 is 9.64 Å². The van der Waals surface area contributed by atoms with Crippen molar-refractivity contribution in [3.63, 3.8) is 0 Å². The number of non-ortho nitro benzene ring substituents is 1. The lowest BCUT2D eigenvalue weighted by atomic mass is 9.95. The number of nitro groups is 1. The number of hydrogen-bond acceptors (Lipinski definition) is 7. The van der Waals surface area contributed by atoms with Gasteiger partial charge in [0.15, 0.2) is 0 Å². The van der Waals surface area contributed by atoms with Gasteiger partial charge in [-0.2, -0.15) is 0 Å². The van der Waals surface area contributed by atoms with Gasteiger partial charge in [-0.05, 0) is 42.0 Å². The van der Waals surface area contributed by atoms with E-state index in [1.54, 1.807) is 0 Å². The number of hydrogen-bond donors (Lipinski definition) is 2. The third-order valence-corrected chi connectivity index (χ3v) is 5.33. The van der Waals surface area contributed by atoms with Crippen LogP contribution in [0.1, 0.15) is 17.2 Å². The molecule has 184 valence electrons. The molecule has 1 heterocycles. The number of anilines is 1. The van der Waals surface area contributed by atoms with Crippen LogP contribution in [0, 0.1) is 10.1 Å². The van der Waals surface area contributed by atoms with Gasteiger partial charge >= 0.3 is 6.36 Å². The predicted octanol–water partition coefficient (Wildman–Crippen LogP) is 4.83. The SMILES string of the molecule is O=C1C(=O)N(c2ccc(OC(F)(F)F)cc2)C(c2ccc(O)cc2)/C1=C(/O)c1cccc([N+](=O)[O-])c1. The molecule has 0 aliphatic carbocycles. The maximum Gasteiger partial charge on any atom is 0.573 e. The van der Waals surface area contributed by atoms with Crippen LogP contribution >= 0.6 is 0 Å². The van der Waals surface area contributed by atoms with Crippen molar-refractivity contribution in [1.29, 1.82) is 0 Å². The third kappa shape index (κ3) is 4.69. The minimum atomic E-state index is -4.94. The minimum absolute atomic E-state index is 0.0165. The lowest BCUT2D eigenvalue weighted by Crippen LogP contribution is -2.29. The molecule has 0 aromatic heterocycles. The normalized spacial score (nSPS) is 17.3. The van der Waals surface area contributed by atoms with E-state index in [2.05, 4.69) is 4.74 Å². The summed E-state index contributed by atoms with van der Waals surface area (Å²) in [6.45, 7) is 0. The highest BCUT2D eigenvalue weighted by molar-refractivity contribution is 6.51. The van der Waals surface area contributed by atoms with E-state index in [9.17, 15) is 43.1 Å². The molecule has 1 amide bonds. The number of rotatable bonds is 5. The first-order chi connectivity index (χ1) is 17.0. The second-order valence-corrected chi connectivity index (χ2v) is 7.61. The number of nitrogens with zero attached hydrogens (tertiary/aromatic N) is 2. The molecule has 0 saturated carbocycles. The number of carbonyl (C=O) groups is 2. The summed E-state index contributed by atoms with van der Waals surface area (Å²) < 4.78 is 41.4. The lowest BCUT2D eigenvalue weighted by molar-refractivity contribution is -0.384. The second kappa shape index (κ2) is 9.06. The highest BCUT2D eigenvalue weighted by atomic mass is 19.4. The molecule has 3 aromatic carbocycles. The molecule has 1 fully saturated rings. The highest BCUT2D eigenvalue weighted by Gasteiger charge is 2.47. The number of phenols is 1. The van der Waals surface area contributed by atoms with Crippen LogP contribution in [-0.4, -0.2) is 33.2 Å². The standard InChI is InChI=1S/C24H15F3N2O7/c25-24(26,27)36-18-10-6-15(7-11-18)28-20(13-4-8-17(30)9-5-13)19(22(32)23(28)33)21(31)14-2-1-3-16(12-14)29(34)35/h1-12,20,30-31H/b21-19-. The number of Topliss-reactive ketones (excluding diaryl/α,β-unsaturated/α-hetero) is 1. The number of aliphatic hydroxyl groups excluding tert-OH is 1. The number of phenolic OH excluding ortho intramolecular Hbond substituents is 1. The van der Waals surface area contributed by atoms with Crippen LogP contribution in [0.5, 0.6) is 11.5 Å². The fourth-order valence-electron chi connectivity index (χ4n) is 3.80. The number of carbonyl (C=O) groups excluding carboxylic acids is 2. The Morgan fingerprint density at radius 1 is 1.00 bits per heavy atom. The topological polar surface area (TPSA) is 130 Å². The molecule has 1 saturated heterocycles. The predicted molar refractivity (Wildman–Crippen MR) is 119 cm³/mol. The molecule has 1 atom stereocenters. The summed E-state index contributed by atoms with van der Waals surface area (Å²) in [5.74, 6) is -3.57. The quantitative estimate of drug-likeness (QED) is 0.169. The number of aliphatic hydroxyl groups is 1. The largest absolute Gasteiger partial charge is 0.573 e. The summed E-state index contributed by atoms with van der Waals surface area (Å²) in [4.78, 5) is 37.5. The molecule has 0 bridgehead atoms. The number of halogens is 3. The van der Waals surface area contributed by atoms with Crippen LogP contribution in [0.25, 0.3) is 5.76 Å². The number of amides is 1. The van der Waals surface area contributed by atoms with E-state index in [1.807, 2.05) is 0 Å². The fraction of sp³-hybridized carbons (Fsp3) is 0.0833. The van der Waals surface area contributed by atoms with Gasteiger partial charge in [-0.3, -0.25) is 24.6 Å². The van der Waals surface area contributed by atoms with E-state index in [0.717, 1.165) is 35.2 Å². The van der Waals surface area contributed by atoms with E-state index in [1.165, 1.54) is 42.5 Å². The summed E-state index contributed by atoms with van der Waals surface area (Å²) in [6.07, 6.45) is -4.94. The number of ketones is 1. The van der Waals surface area contributed by atoms with E-state index in [-0.39, 0.29) is 28.3 Å². The van der Waals surface area contributed by atoms with Gasteiger partial charge in [0.2, 0.25) is 0 Å². The Morgan fingerprint density at radius 3 is 2.22 bits per heavy atom. The van der Waals surface area contributed by atoms with Crippen molar-refractivity contribution >= 4 is 28.8 Å². The summed E-state index contributed by atoms with van der Waals surface area (Å²) in [5.41, 5.74) is -0.575. The van der Waals surface area contributed by atoms with Crippen LogP contribution in [0.3, 0.4) is 0 Å². The Morgan fingerprint density at radius 2 is 1.64 bits per heavy atom. The Bertz CT molecular complexity index is 1380. The van der Waals surface area contributed by atoms with E-state index in [0.29, 0.717) is 0 Å². The Labute approximate surface area is 200 Å². The van der Waals surface area contributed by atoms with Gasteiger partial charge in [-0.15, -0.1) is 13.2 Å². The number of nitro benzene ring substituents is 1. The molecule has 9 nitrogen and oxygen atoms in total. The summed E-state index contributed by atoms with van der Waals surface area (Å²) in [7, 11) is 0. The van der Waals surface area contributed by atoms with Crippen LogP contribution in [0.2, 0.25) is 0 Å². The Balaban J connectivity index is 1.86. The van der Waals surface area contributed by atoms with E-state index in [4.69, 9.17) is 0 Å². The van der Waals surface area contributed by atoms with Gasteiger partial charge in [-0.1, -0.05) is 24.3 Å². The maximum absolute atomic E-state index is 13.1. The van der Waals surface area contributed by atoms with Crippen LogP contribution in [-0.2, 0) is 9.59 Å². The Hall–Kier alpha value is -4.87. The summed E-state index contributed by atoms with van der Waals surface area (Å²) in [6, 6.07) is 13.1. The van der Waals surface area contributed by atoms with Crippen LogP contribution in [0.15, 0.2) is 78.4 Å². The molecule has 1 aliphatic rings. The average Bonchev–Trinajstić information content (AvgIpc) is 3.09. The zero-order chi connectivity index (χ0) is 26.2. The molecule has 12 heteroatoms. The zero-order valence-electron chi connectivity index (χ0n) is 18.0. The third-order valence-electron chi connectivity index (χ3n) is 5.33. The van der Waals surface area contributed by atoms with Crippen molar-refractivity contribution in [2.45, 2.75) is 12.4 Å². The maximum atomic E-state index is 13.1. The van der Waals surface area contributed by atoms with Gasteiger partial charge in [-0.25, -0.2) is 0 Å². The summed E-state index contributed by atoms with van der Waals surface area (Å²) >= 11 is 0. The van der Waals surface area contributed by atoms with Gasteiger partial charge in [0.05, 0.1) is 16.5 Å². The van der Waals surface area contributed by atoms with Crippen molar-refractivity contribution in [2.75, 3.05) is 4.90 Å². The molecule has 4 rings (SSSR count). The van der Waals surface area contributed by atoms with E-state index < -0.39 is 46.1 Å². The molecule has 0 radical (unpaired) electrons. The first kappa shape index (κ1) is 24.3. The molecule has 36 heavy (non-hydrogen) atoms. The highest BCUT2D eigenvalue weighted by Crippen LogP contribution is 2.43. The molecule has 3 aromatic rings. The van der Waals surface area contributed by atoms with Crippen molar-refractivity contribution in [3.8, 4) is 11.5 Å². The van der Waals surface area contributed by atoms with Crippen molar-refractivity contribution < 1.29 is 42.6 Å². The van der Waals surface area contributed by atoms with Crippen LogP contribution in [0.4, 0.5) is 24.5 Å². The second-order valence-electron chi connectivity index (χ2n) is 7.61. The molecule has 2 N–H and O–H groups in total. The number of ether oxygens (including phenoxy) is 1. The average molecular weight is 500 g/mol. The molecule has 1 unspecified atom stereocenters. The van der Waals surface area contributed by atoms with Gasteiger partial charge in [0.1, 0.15) is 17.3 Å². The smallest absolute Gasteiger partial charge is 0.508 e. The summed E-state index contributed by atoms with van der Waals surface area (Å²) in [5, 5.41) is 31.8. The Kier molecular flexibility index (Phi) is 6.10. The monoisotopic (exact) mass is 500 g/mol. The van der Waals surface area contributed by atoms with Crippen molar-refractivity contribution in [3.05, 3.63) is 99.6 Å². The number of aromatic hydroxyl groups is 1. The zero-order valence-corrected chi connectivity index (χ0v) is 18.0. The minimum Gasteiger partial charge on any atom is -0.508 e. The van der Waals surface area contributed by atoms with Crippen molar-refractivity contribution in [2.24, 2.45) is 0 Å². The van der Waals surface area contributed by atoms with Gasteiger partial charge in [0.25, 0.3) is 17.4 Å². The lowest BCUT2D eigenvalue weighted by Gasteiger charge is -2.25. The first-order valence-electron chi connectivity index (χ1n) is 10.2. The molecule has 1 aliphatic heterocycles.